The van der Waals surface area contributed by atoms with E-state index >= 15 is 0 Å². The third kappa shape index (κ3) is 1.07. The number of hydrogen-bond donors (Lipinski definition) is 2. The molecule has 2 rings (SSSR count). The number of carbonyl (C=O) groups is 1. The summed E-state index contributed by atoms with van der Waals surface area (Å²) in [6.45, 7) is 1.86. The highest BCUT2D eigenvalue weighted by atomic mass is 16.1. The number of nitrogens with one attached hydrogen (secondary N) is 1. The van der Waals surface area contributed by atoms with Crippen molar-refractivity contribution >= 4 is 16.9 Å². The van der Waals surface area contributed by atoms with Crippen LogP contribution in [0, 0.1) is 6.92 Å². The first-order valence-corrected chi connectivity index (χ1v) is 3.92. The average molecular weight is 175 g/mol. The number of aromatic nitrogens is 2. The van der Waals surface area contributed by atoms with Crippen molar-refractivity contribution in [2.24, 2.45) is 5.73 Å². The lowest BCUT2D eigenvalue weighted by Gasteiger charge is -2.00. The number of hydrogen-bond acceptors (Lipinski definition) is 2. The van der Waals surface area contributed by atoms with Crippen LogP contribution in [0.5, 0.6) is 0 Å². The van der Waals surface area contributed by atoms with E-state index in [9.17, 15) is 4.79 Å². The van der Waals surface area contributed by atoms with E-state index in [2.05, 4.69) is 9.97 Å². The maximum atomic E-state index is 11.0. The summed E-state index contributed by atoms with van der Waals surface area (Å²) in [6, 6.07) is 1.88. The Morgan fingerprint density at radius 3 is 3.08 bits per heavy atom. The molecular formula is C9H9N3O. The van der Waals surface area contributed by atoms with Gasteiger partial charge in [0.25, 0.3) is 5.91 Å². The number of rotatable bonds is 1. The molecule has 4 nitrogen and oxygen atoms in total. The van der Waals surface area contributed by atoms with E-state index in [-0.39, 0.29) is 0 Å². The summed E-state index contributed by atoms with van der Waals surface area (Å²) in [5, 5.41) is 0.941. The van der Waals surface area contributed by atoms with Crippen molar-refractivity contribution < 1.29 is 4.79 Å². The largest absolute Gasteiger partial charge is 0.366 e. The van der Waals surface area contributed by atoms with Crippen molar-refractivity contribution in [1.29, 1.82) is 0 Å². The van der Waals surface area contributed by atoms with Crippen LogP contribution < -0.4 is 5.73 Å². The Hall–Kier alpha value is -1.84. The van der Waals surface area contributed by atoms with Crippen LogP contribution in [0.25, 0.3) is 11.0 Å². The van der Waals surface area contributed by atoms with E-state index in [1.165, 1.54) is 6.20 Å². The Morgan fingerprint density at radius 2 is 2.38 bits per heavy atom. The highest BCUT2D eigenvalue weighted by Gasteiger charge is 2.08. The lowest BCUT2D eigenvalue weighted by atomic mass is 10.1. The smallest absolute Gasteiger partial charge is 0.250 e. The molecule has 0 atom stereocenters. The van der Waals surface area contributed by atoms with Crippen molar-refractivity contribution in [3.05, 3.63) is 29.6 Å². The summed E-state index contributed by atoms with van der Waals surface area (Å²) >= 11 is 0. The predicted molar refractivity (Wildman–Crippen MR) is 49.3 cm³/mol. The Kier molecular flexibility index (Phi) is 1.55. The molecule has 66 valence electrons. The molecule has 0 aromatic carbocycles. The molecule has 0 unspecified atom stereocenters. The summed E-state index contributed by atoms with van der Waals surface area (Å²) in [7, 11) is 0. The lowest BCUT2D eigenvalue weighted by Crippen LogP contribution is -2.13. The summed E-state index contributed by atoms with van der Waals surface area (Å²) in [6.07, 6.45) is 3.28. The monoisotopic (exact) mass is 175 g/mol. The number of carbonyl (C=O) groups excluding carboxylic acids is 1. The quantitative estimate of drug-likeness (QED) is 0.677. The number of H-pyrrole nitrogens is 1. The summed E-state index contributed by atoms with van der Waals surface area (Å²) in [5.41, 5.74) is 7.32. The van der Waals surface area contributed by atoms with Gasteiger partial charge in [-0.2, -0.15) is 0 Å². The second-order valence-corrected chi connectivity index (χ2v) is 2.90. The van der Waals surface area contributed by atoms with Gasteiger partial charge in [-0.25, -0.2) is 4.98 Å². The third-order valence-corrected chi connectivity index (χ3v) is 2.12. The zero-order chi connectivity index (χ0) is 9.42. The van der Waals surface area contributed by atoms with Crippen molar-refractivity contribution in [3.63, 3.8) is 0 Å². The van der Waals surface area contributed by atoms with Gasteiger partial charge in [-0.1, -0.05) is 0 Å². The third-order valence-electron chi connectivity index (χ3n) is 2.12. The molecule has 0 saturated heterocycles. The number of aromatic amines is 1. The van der Waals surface area contributed by atoms with Gasteiger partial charge in [0.15, 0.2) is 0 Å². The molecule has 2 aromatic rings. The van der Waals surface area contributed by atoms with Crippen LogP contribution in [0.15, 0.2) is 18.5 Å². The van der Waals surface area contributed by atoms with Gasteiger partial charge in [-0.15, -0.1) is 0 Å². The maximum absolute atomic E-state index is 11.0. The molecule has 0 aliphatic rings. The summed E-state index contributed by atoms with van der Waals surface area (Å²) in [4.78, 5) is 18.0. The van der Waals surface area contributed by atoms with E-state index < -0.39 is 5.91 Å². The Morgan fingerprint density at radius 1 is 1.62 bits per heavy atom. The van der Waals surface area contributed by atoms with Gasteiger partial charge >= 0.3 is 0 Å². The highest BCUT2D eigenvalue weighted by Crippen LogP contribution is 2.17. The maximum Gasteiger partial charge on any atom is 0.250 e. The van der Waals surface area contributed by atoms with Gasteiger partial charge in [0.2, 0.25) is 0 Å². The molecule has 3 N–H and O–H groups in total. The van der Waals surface area contributed by atoms with E-state index in [4.69, 9.17) is 5.73 Å². The van der Waals surface area contributed by atoms with Crippen LogP contribution in [0.3, 0.4) is 0 Å². The number of primary amides is 1. The number of fused-ring (bicyclic) bond motifs is 1. The summed E-state index contributed by atoms with van der Waals surface area (Å²) < 4.78 is 0. The van der Waals surface area contributed by atoms with E-state index in [0.717, 1.165) is 16.6 Å². The van der Waals surface area contributed by atoms with Crippen molar-refractivity contribution in [1.82, 2.24) is 9.97 Å². The van der Waals surface area contributed by atoms with E-state index in [1.807, 2.05) is 13.0 Å². The Labute approximate surface area is 74.8 Å². The Bertz CT molecular complexity index is 473. The number of nitrogens with zero attached hydrogens (tertiary/aromatic N) is 1. The van der Waals surface area contributed by atoms with Crippen molar-refractivity contribution in [2.45, 2.75) is 6.92 Å². The van der Waals surface area contributed by atoms with Crippen LogP contribution in [-0.2, 0) is 0 Å². The fourth-order valence-corrected chi connectivity index (χ4v) is 1.39. The zero-order valence-electron chi connectivity index (χ0n) is 7.16. The van der Waals surface area contributed by atoms with Crippen LogP contribution in [0.4, 0.5) is 0 Å². The number of pyridine rings is 1. The molecule has 0 fully saturated rings. The molecule has 2 aromatic heterocycles. The molecule has 0 aliphatic carbocycles. The number of amides is 1. The van der Waals surface area contributed by atoms with Crippen LogP contribution >= 0.6 is 0 Å². The predicted octanol–water partition coefficient (Wildman–Crippen LogP) is 0.970. The Balaban J connectivity index is 2.80. The topological polar surface area (TPSA) is 71.8 Å². The highest BCUT2D eigenvalue weighted by molar-refractivity contribution is 5.98. The minimum absolute atomic E-state index is 0.437. The molecule has 0 aliphatic heterocycles. The molecule has 2 heterocycles. The van der Waals surface area contributed by atoms with Gasteiger partial charge in [0.1, 0.15) is 5.65 Å². The van der Waals surface area contributed by atoms with Gasteiger partial charge in [-0.05, 0) is 18.6 Å². The first-order chi connectivity index (χ1) is 6.20. The molecular weight excluding hydrogens is 166 g/mol. The molecule has 0 radical (unpaired) electrons. The second kappa shape index (κ2) is 2.58. The first-order valence-electron chi connectivity index (χ1n) is 3.92. The number of nitrogens with two attached hydrogens (primary N) is 1. The van der Waals surface area contributed by atoms with Crippen LogP contribution in [0.2, 0.25) is 0 Å². The van der Waals surface area contributed by atoms with Gasteiger partial charge in [-0.3, -0.25) is 4.79 Å². The van der Waals surface area contributed by atoms with Crippen LogP contribution in [-0.4, -0.2) is 15.9 Å². The lowest BCUT2D eigenvalue weighted by molar-refractivity contribution is 0.0999. The van der Waals surface area contributed by atoms with Gasteiger partial charge in [0, 0.05) is 17.8 Å². The fourth-order valence-electron chi connectivity index (χ4n) is 1.39. The average Bonchev–Trinajstić information content (AvgIpc) is 2.52. The molecule has 4 heteroatoms. The van der Waals surface area contributed by atoms with Crippen LogP contribution in [0.1, 0.15) is 15.9 Å². The standard InChI is InChI=1S/C9H9N3O/c1-5-6-2-3-11-9(6)12-4-7(5)8(10)13/h2-4H,1H3,(H2,10,13)(H,11,12). The molecule has 0 spiro atoms. The zero-order valence-corrected chi connectivity index (χ0v) is 7.16. The first kappa shape index (κ1) is 7.79. The number of aryl methyl sites for hydroxylation is 1. The second-order valence-electron chi connectivity index (χ2n) is 2.90. The van der Waals surface area contributed by atoms with E-state index in [1.54, 1.807) is 6.20 Å². The van der Waals surface area contributed by atoms with E-state index in [0.29, 0.717) is 5.56 Å². The summed E-state index contributed by atoms with van der Waals surface area (Å²) in [5.74, 6) is -0.437. The van der Waals surface area contributed by atoms with Gasteiger partial charge in [0.05, 0.1) is 5.56 Å². The molecule has 0 saturated carbocycles. The molecule has 1 amide bonds. The minimum Gasteiger partial charge on any atom is -0.366 e. The fraction of sp³-hybridized carbons (Fsp3) is 0.111. The minimum atomic E-state index is -0.437. The normalized spacial score (nSPS) is 10.5. The van der Waals surface area contributed by atoms with Crippen molar-refractivity contribution in [2.75, 3.05) is 0 Å². The molecule has 0 bridgehead atoms. The van der Waals surface area contributed by atoms with Gasteiger partial charge < -0.3 is 10.7 Å². The van der Waals surface area contributed by atoms with Crippen molar-refractivity contribution in [3.8, 4) is 0 Å². The SMILES string of the molecule is Cc1c(C(N)=O)cnc2[nH]ccc12. The molecule has 13 heavy (non-hydrogen) atoms.